The Bertz CT molecular complexity index is 3990. The average molecular weight is 1030 g/mol. The first kappa shape index (κ1) is 46.7. The summed E-state index contributed by atoms with van der Waals surface area (Å²) in [5.41, 5.74) is 22.7. The van der Waals surface area contributed by atoms with Gasteiger partial charge >= 0.3 is 0 Å². The molecule has 0 radical (unpaired) electrons. The van der Waals surface area contributed by atoms with Gasteiger partial charge in [0.15, 0.2) is 0 Å². The van der Waals surface area contributed by atoms with Crippen LogP contribution < -0.4 is 9.80 Å². The monoisotopic (exact) mass is 1030 g/mol. The van der Waals surface area contributed by atoms with Crippen molar-refractivity contribution in [3.63, 3.8) is 0 Å². The molecule has 1 aliphatic carbocycles. The van der Waals surface area contributed by atoms with E-state index in [2.05, 4.69) is 325 Å². The van der Waals surface area contributed by atoms with Gasteiger partial charge in [-0.1, -0.05) is 267 Å². The van der Waals surface area contributed by atoms with Crippen LogP contribution in [0.2, 0.25) is 0 Å². The lowest BCUT2D eigenvalue weighted by atomic mass is 9.62. The highest BCUT2D eigenvalue weighted by atomic mass is 15.2. The number of aliphatic imine (C=N–C) groups is 2. The van der Waals surface area contributed by atoms with Gasteiger partial charge in [0.05, 0.1) is 45.0 Å². The third-order valence-corrected chi connectivity index (χ3v) is 17.5. The minimum Gasteiger partial charge on any atom is -0.310 e. The highest BCUT2D eigenvalue weighted by Gasteiger charge is 2.50. The summed E-state index contributed by atoms with van der Waals surface area (Å²) in [4.78, 5) is 16.6. The van der Waals surface area contributed by atoms with Crippen molar-refractivity contribution >= 4 is 45.5 Å². The van der Waals surface area contributed by atoms with E-state index in [1.807, 2.05) is 0 Å². The van der Waals surface area contributed by atoms with Crippen molar-refractivity contribution in [2.24, 2.45) is 9.98 Å². The molecule has 0 amide bonds. The summed E-state index contributed by atoms with van der Waals surface area (Å²) in [7, 11) is 0. The van der Waals surface area contributed by atoms with Gasteiger partial charge < -0.3 is 9.80 Å². The molecule has 0 unspecified atom stereocenters. The Morgan fingerprint density at radius 2 is 0.469 bits per heavy atom. The largest absolute Gasteiger partial charge is 0.310 e. The molecule has 0 N–H and O–H groups in total. The quantitative estimate of drug-likeness (QED) is 0.152. The first-order valence-corrected chi connectivity index (χ1v) is 28.0. The van der Waals surface area contributed by atoms with E-state index in [-0.39, 0.29) is 0 Å². The summed E-state index contributed by atoms with van der Waals surface area (Å²) < 4.78 is 0. The van der Waals surface area contributed by atoms with Crippen molar-refractivity contribution in [3.8, 4) is 11.1 Å². The maximum absolute atomic E-state index is 5.86. The number of nitrogens with zero attached hydrogens (tertiary/aromatic N) is 4. The number of para-hydroxylation sites is 4. The molecule has 12 aromatic carbocycles. The molecule has 4 aliphatic rings. The van der Waals surface area contributed by atoms with E-state index in [0.29, 0.717) is 0 Å². The smallest absolute Gasteiger partial charge is 0.204 e. The van der Waals surface area contributed by atoms with E-state index in [0.717, 1.165) is 67.8 Å². The molecular formula is C77H52N4. The zero-order valence-electron chi connectivity index (χ0n) is 44.3. The van der Waals surface area contributed by atoms with Gasteiger partial charge in [-0.2, -0.15) is 0 Å². The third-order valence-electron chi connectivity index (χ3n) is 17.5. The van der Waals surface area contributed by atoms with Crippen LogP contribution in [0, 0.1) is 0 Å². The molecule has 81 heavy (non-hydrogen) atoms. The zero-order chi connectivity index (χ0) is 53.5. The second-order valence-electron chi connectivity index (χ2n) is 21.5. The van der Waals surface area contributed by atoms with E-state index in [4.69, 9.17) is 9.98 Å². The molecule has 4 nitrogen and oxygen atoms in total. The van der Waals surface area contributed by atoms with Crippen LogP contribution in [0.3, 0.4) is 0 Å². The van der Waals surface area contributed by atoms with Crippen LogP contribution in [-0.2, 0) is 16.5 Å². The number of fused-ring (bicyclic) bond motifs is 9. The van der Waals surface area contributed by atoms with E-state index in [1.54, 1.807) is 0 Å². The highest BCUT2D eigenvalue weighted by Crippen LogP contribution is 2.60. The Labute approximate surface area is 472 Å². The normalized spacial score (nSPS) is 15.3. The van der Waals surface area contributed by atoms with Crippen molar-refractivity contribution in [3.05, 3.63) is 382 Å². The molecule has 12 aromatic rings. The van der Waals surface area contributed by atoms with Gasteiger partial charge in [-0.05, 0) is 104 Å². The second kappa shape index (κ2) is 18.3. The van der Waals surface area contributed by atoms with Crippen LogP contribution in [0.25, 0.3) is 11.1 Å². The van der Waals surface area contributed by atoms with Crippen LogP contribution in [0.5, 0.6) is 0 Å². The molecule has 4 heteroatoms. The SMILES string of the molecule is c1ccc(C2(c3ccccc3)c3ccccc3N(c3ccc(C4=NC5(N=C4c4ccc(N6c7ccccc7C(c7ccccc7)(c7ccccc7)c7ccccc76)cc4)c4ccccc4-c4ccccc45)cc3)c3ccccc32)cc1. The van der Waals surface area contributed by atoms with E-state index in [1.165, 1.54) is 55.6 Å². The molecule has 0 saturated heterocycles. The topological polar surface area (TPSA) is 31.2 Å². The van der Waals surface area contributed by atoms with E-state index < -0.39 is 16.5 Å². The summed E-state index contributed by atoms with van der Waals surface area (Å²) in [6.07, 6.45) is 0. The summed E-state index contributed by atoms with van der Waals surface area (Å²) in [6.45, 7) is 0. The number of hydrogen-bond acceptors (Lipinski definition) is 4. The summed E-state index contributed by atoms with van der Waals surface area (Å²) in [6, 6.07) is 115. The first-order chi connectivity index (χ1) is 40.2. The van der Waals surface area contributed by atoms with E-state index in [9.17, 15) is 0 Å². The van der Waals surface area contributed by atoms with Crippen molar-refractivity contribution in [1.82, 2.24) is 0 Å². The molecule has 3 heterocycles. The molecular weight excluding hydrogens is 981 g/mol. The van der Waals surface area contributed by atoms with Gasteiger partial charge in [0.2, 0.25) is 5.66 Å². The molecule has 0 saturated carbocycles. The summed E-state index contributed by atoms with van der Waals surface area (Å²) in [5.74, 6) is 0. The third kappa shape index (κ3) is 6.71. The molecule has 0 fully saturated rings. The van der Waals surface area contributed by atoms with Gasteiger partial charge in [-0.15, -0.1) is 0 Å². The van der Waals surface area contributed by atoms with Crippen molar-refractivity contribution in [2.45, 2.75) is 16.5 Å². The first-order valence-electron chi connectivity index (χ1n) is 28.0. The minimum atomic E-state index is -0.957. The fourth-order valence-electron chi connectivity index (χ4n) is 14.2. The number of hydrogen-bond donors (Lipinski definition) is 0. The number of benzene rings is 12. The number of rotatable bonds is 8. The summed E-state index contributed by atoms with van der Waals surface area (Å²) >= 11 is 0. The van der Waals surface area contributed by atoms with Crippen LogP contribution in [0.15, 0.2) is 325 Å². The van der Waals surface area contributed by atoms with Crippen molar-refractivity contribution < 1.29 is 0 Å². The predicted octanol–water partition coefficient (Wildman–Crippen LogP) is 18.2. The van der Waals surface area contributed by atoms with Gasteiger partial charge in [0.1, 0.15) is 0 Å². The fraction of sp³-hybridized carbons (Fsp3) is 0.0390. The Balaban J connectivity index is 0.835. The lowest BCUT2D eigenvalue weighted by Crippen LogP contribution is -2.37. The lowest BCUT2D eigenvalue weighted by molar-refractivity contribution is 0.606. The molecule has 3 aliphatic heterocycles. The lowest BCUT2D eigenvalue weighted by Gasteiger charge is -2.46. The predicted molar refractivity (Wildman–Crippen MR) is 332 cm³/mol. The van der Waals surface area contributed by atoms with Crippen LogP contribution in [0.1, 0.15) is 66.8 Å². The van der Waals surface area contributed by atoms with Crippen molar-refractivity contribution in [2.75, 3.05) is 9.80 Å². The zero-order valence-corrected chi connectivity index (χ0v) is 44.3. The van der Waals surface area contributed by atoms with Crippen molar-refractivity contribution in [1.29, 1.82) is 0 Å². The van der Waals surface area contributed by atoms with Gasteiger partial charge in [0.25, 0.3) is 0 Å². The highest BCUT2D eigenvalue weighted by molar-refractivity contribution is 6.54. The Morgan fingerprint density at radius 1 is 0.222 bits per heavy atom. The van der Waals surface area contributed by atoms with Gasteiger partial charge in [-0.3, -0.25) is 0 Å². The Hall–Kier alpha value is -10.4. The van der Waals surface area contributed by atoms with Gasteiger partial charge in [0, 0.05) is 33.6 Å². The fourth-order valence-corrected chi connectivity index (χ4v) is 14.2. The number of anilines is 6. The Kier molecular flexibility index (Phi) is 10.6. The Morgan fingerprint density at radius 3 is 0.765 bits per heavy atom. The standard InChI is InChI=1S/C77H52N4/c1-5-25-55(26-6-1)75(56-27-7-2-8-28-56)65-37-17-21-41-69(65)80(70-42-22-18-38-66(70)75)59-49-45-53(46-50-59)73-74(79-77(78-73)63-35-15-13-33-61(63)62-34-14-16-36-64(62)77)54-47-51-60(52-48-54)81-71-43-23-19-39-67(71)76(57-29-9-3-10-30-57,58-31-11-4-12-32-58)68-40-20-24-44-72(68)81/h1-52H. The molecule has 16 rings (SSSR count). The maximum Gasteiger partial charge on any atom is 0.204 e. The molecule has 1 spiro atoms. The maximum atomic E-state index is 5.86. The van der Waals surface area contributed by atoms with Gasteiger partial charge in [-0.25, -0.2) is 9.98 Å². The molecule has 0 aromatic heterocycles. The van der Waals surface area contributed by atoms with Crippen LogP contribution in [0.4, 0.5) is 34.1 Å². The van der Waals surface area contributed by atoms with E-state index >= 15 is 0 Å². The molecule has 0 atom stereocenters. The minimum absolute atomic E-state index is 0.552. The molecule has 0 bridgehead atoms. The van der Waals surface area contributed by atoms with Crippen LogP contribution in [-0.4, -0.2) is 11.4 Å². The summed E-state index contributed by atoms with van der Waals surface area (Å²) in [5, 5.41) is 0. The average Bonchev–Trinajstić information content (AvgIpc) is 4.28. The van der Waals surface area contributed by atoms with Crippen LogP contribution >= 0.6 is 0 Å². The second-order valence-corrected chi connectivity index (χ2v) is 21.5. The molecule has 380 valence electrons.